The van der Waals surface area contributed by atoms with E-state index in [-0.39, 0.29) is 16.9 Å². The number of benzene rings is 3. The van der Waals surface area contributed by atoms with Crippen molar-refractivity contribution in [1.82, 2.24) is 9.99 Å². The van der Waals surface area contributed by atoms with Crippen LogP contribution < -0.4 is 5.43 Å². The molecule has 32 heavy (non-hydrogen) atoms. The third kappa shape index (κ3) is 4.37. The number of phenols is 1. The number of aryl methyl sites for hydroxylation is 1. The van der Waals surface area contributed by atoms with Crippen LogP contribution in [0.1, 0.15) is 39.5 Å². The van der Waals surface area contributed by atoms with Gasteiger partial charge in [0.25, 0.3) is 5.91 Å². The van der Waals surface area contributed by atoms with Gasteiger partial charge in [-0.05, 0) is 47.9 Å². The predicted octanol–water partition coefficient (Wildman–Crippen LogP) is 4.59. The number of rotatable bonds is 6. The van der Waals surface area contributed by atoms with Gasteiger partial charge in [0, 0.05) is 34.8 Å². The molecule has 4 rings (SSSR count). The lowest BCUT2D eigenvalue weighted by molar-refractivity contribution is 0.0955. The third-order valence-corrected chi connectivity index (χ3v) is 5.38. The number of carbonyl (C=O) groups is 1. The van der Waals surface area contributed by atoms with Crippen LogP contribution >= 0.6 is 0 Å². The van der Waals surface area contributed by atoms with E-state index >= 15 is 0 Å². The molecule has 0 bridgehead atoms. The van der Waals surface area contributed by atoms with E-state index < -0.39 is 5.91 Å². The first-order valence-corrected chi connectivity index (χ1v) is 10.3. The van der Waals surface area contributed by atoms with Gasteiger partial charge in [0.1, 0.15) is 11.8 Å². The summed E-state index contributed by atoms with van der Waals surface area (Å²) in [6.07, 6.45) is 4.68. The number of hydrogen-bond acceptors (Lipinski definition) is 4. The summed E-state index contributed by atoms with van der Waals surface area (Å²) >= 11 is 0. The van der Waals surface area contributed by atoms with Gasteiger partial charge < -0.3 is 9.67 Å². The molecule has 0 saturated carbocycles. The molecule has 3 aromatic carbocycles. The maximum atomic E-state index is 12.3. The van der Waals surface area contributed by atoms with Crippen LogP contribution in [0.25, 0.3) is 10.9 Å². The Morgan fingerprint density at radius 1 is 1.12 bits per heavy atom. The molecule has 0 saturated heterocycles. The van der Waals surface area contributed by atoms with Crippen molar-refractivity contribution < 1.29 is 9.90 Å². The number of hydrogen-bond donors (Lipinski definition) is 2. The predicted molar refractivity (Wildman–Crippen MR) is 125 cm³/mol. The quantitative estimate of drug-likeness (QED) is 0.352. The molecule has 1 heterocycles. The average molecular weight is 422 g/mol. The molecule has 0 aliphatic heterocycles. The second-order valence-electron chi connectivity index (χ2n) is 7.44. The summed E-state index contributed by atoms with van der Waals surface area (Å²) in [5.74, 6) is -0.622. The zero-order chi connectivity index (χ0) is 22.5. The van der Waals surface area contributed by atoms with E-state index in [2.05, 4.69) is 52.3 Å². The number of hydrazone groups is 1. The molecule has 0 radical (unpaired) electrons. The van der Waals surface area contributed by atoms with Gasteiger partial charge in [-0.1, -0.05) is 43.3 Å². The fourth-order valence-corrected chi connectivity index (χ4v) is 3.57. The molecule has 1 amide bonds. The fourth-order valence-electron chi connectivity index (χ4n) is 3.57. The molecule has 0 atom stereocenters. The van der Waals surface area contributed by atoms with Crippen LogP contribution in [0.4, 0.5) is 0 Å². The monoisotopic (exact) mass is 422 g/mol. The summed E-state index contributed by atoms with van der Waals surface area (Å²) in [4.78, 5) is 12.3. The highest BCUT2D eigenvalue weighted by atomic mass is 16.3. The highest BCUT2D eigenvalue weighted by molar-refractivity contribution is 6.00. The van der Waals surface area contributed by atoms with Crippen molar-refractivity contribution in [1.29, 1.82) is 5.26 Å². The summed E-state index contributed by atoms with van der Waals surface area (Å²) in [6, 6.07) is 22.6. The van der Waals surface area contributed by atoms with Crippen molar-refractivity contribution in [2.45, 2.75) is 19.9 Å². The highest BCUT2D eigenvalue weighted by Gasteiger charge is 2.09. The lowest BCUT2D eigenvalue weighted by Crippen LogP contribution is -2.17. The maximum Gasteiger partial charge on any atom is 0.271 e. The van der Waals surface area contributed by atoms with E-state index in [1.165, 1.54) is 29.3 Å². The number of carbonyl (C=O) groups excluding carboxylic acids is 1. The van der Waals surface area contributed by atoms with E-state index in [0.29, 0.717) is 0 Å². The summed E-state index contributed by atoms with van der Waals surface area (Å²) in [5.41, 5.74) is 7.27. The summed E-state index contributed by atoms with van der Waals surface area (Å²) < 4.78 is 2.19. The van der Waals surface area contributed by atoms with Crippen LogP contribution in [-0.4, -0.2) is 21.8 Å². The lowest BCUT2D eigenvalue weighted by atomic mass is 10.1. The van der Waals surface area contributed by atoms with Gasteiger partial charge in [-0.3, -0.25) is 4.79 Å². The van der Waals surface area contributed by atoms with E-state index in [1.807, 2.05) is 30.5 Å². The summed E-state index contributed by atoms with van der Waals surface area (Å²) in [7, 11) is 0. The van der Waals surface area contributed by atoms with Gasteiger partial charge in [-0.15, -0.1) is 0 Å². The van der Waals surface area contributed by atoms with Crippen LogP contribution in [0.3, 0.4) is 0 Å². The highest BCUT2D eigenvalue weighted by Crippen LogP contribution is 2.21. The molecule has 2 N–H and O–H groups in total. The molecule has 4 aromatic rings. The van der Waals surface area contributed by atoms with Crippen molar-refractivity contribution in [3.8, 4) is 11.8 Å². The van der Waals surface area contributed by atoms with Gasteiger partial charge >= 0.3 is 0 Å². The standard InChI is InChI=1S/C26H22N4O2/c1-2-18-6-8-19(9-7-18)17-30-13-12-23-21(4-3-5-24(23)30)16-28-29-26(32)20-10-11-25(31)22(14-20)15-27/h3-14,16,31H,2,17H2,1H3,(H,29,32)/b28-16+. The first kappa shape index (κ1) is 20.9. The van der Waals surface area contributed by atoms with Crippen molar-refractivity contribution in [3.63, 3.8) is 0 Å². The molecule has 158 valence electrons. The van der Waals surface area contributed by atoms with Crippen LogP contribution in [0.5, 0.6) is 5.75 Å². The molecule has 0 unspecified atom stereocenters. The minimum Gasteiger partial charge on any atom is -0.507 e. The van der Waals surface area contributed by atoms with Gasteiger partial charge in [0.05, 0.1) is 11.8 Å². The molecule has 6 heteroatoms. The Morgan fingerprint density at radius 3 is 2.66 bits per heavy atom. The molecule has 0 aliphatic rings. The minimum absolute atomic E-state index is 0.0390. The summed E-state index contributed by atoms with van der Waals surface area (Å²) in [6.45, 7) is 2.92. The smallest absolute Gasteiger partial charge is 0.271 e. The largest absolute Gasteiger partial charge is 0.507 e. The molecular formula is C26H22N4O2. The van der Waals surface area contributed by atoms with Gasteiger partial charge in [0.2, 0.25) is 0 Å². The SMILES string of the molecule is CCc1ccc(Cn2ccc3c(/C=N/NC(=O)c4ccc(O)c(C#N)c4)cccc32)cc1. The van der Waals surface area contributed by atoms with Crippen LogP contribution in [-0.2, 0) is 13.0 Å². The molecule has 0 fully saturated rings. The van der Waals surface area contributed by atoms with Gasteiger partial charge in [0.15, 0.2) is 0 Å². The van der Waals surface area contributed by atoms with Gasteiger partial charge in [-0.2, -0.15) is 10.4 Å². The number of phenolic OH excluding ortho intramolecular Hbond substituents is 1. The van der Waals surface area contributed by atoms with E-state index in [9.17, 15) is 9.90 Å². The molecular weight excluding hydrogens is 400 g/mol. The zero-order valence-corrected chi connectivity index (χ0v) is 17.6. The molecule has 0 aliphatic carbocycles. The number of nitriles is 1. The Bertz CT molecular complexity index is 1340. The number of fused-ring (bicyclic) bond motifs is 1. The van der Waals surface area contributed by atoms with Crippen LogP contribution in [0.2, 0.25) is 0 Å². The lowest BCUT2D eigenvalue weighted by Gasteiger charge is -2.07. The van der Waals surface area contributed by atoms with E-state index in [1.54, 1.807) is 6.21 Å². The van der Waals surface area contributed by atoms with Crippen molar-refractivity contribution >= 4 is 23.0 Å². The maximum absolute atomic E-state index is 12.3. The first-order chi connectivity index (χ1) is 15.6. The van der Waals surface area contributed by atoms with Crippen molar-refractivity contribution in [2.75, 3.05) is 0 Å². The number of nitrogens with zero attached hydrogens (tertiary/aromatic N) is 3. The first-order valence-electron chi connectivity index (χ1n) is 10.3. The fraction of sp³-hybridized carbons (Fsp3) is 0.115. The van der Waals surface area contributed by atoms with Crippen molar-refractivity contribution in [2.24, 2.45) is 5.10 Å². The third-order valence-electron chi connectivity index (χ3n) is 5.38. The Morgan fingerprint density at radius 2 is 1.91 bits per heavy atom. The molecule has 1 aromatic heterocycles. The number of aromatic nitrogens is 1. The normalized spacial score (nSPS) is 11.0. The Balaban J connectivity index is 1.50. The number of nitrogens with one attached hydrogen (secondary N) is 1. The second-order valence-corrected chi connectivity index (χ2v) is 7.44. The Hall–Kier alpha value is -4.37. The van der Waals surface area contributed by atoms with Crippen molar-refractivity contribution in [3.05, 3.63) is 101 Å². The average Bonchev–Trinajstić information content (AvgIpc) is 3.23. The van der Waals surface area contributed by atoms with E-state index in [4.69, 9.17) is 5.26 Å². The van der Waals surface area contributed by atoms with Crippen LogP contribution in [0.15, 0.2) is 78.0 Å². The minimum atomic E-state index is -0.460. The number of aromatic hydroxyl groups is 1. The Kier molecular flexibility index (Phi) is 6.00. The number of amides is 1. The van der Waals surface area contributed by atoms with Gasteiger partial charge in [-0.25, -0.2) is 5.43 Å². The second kappa shape index (κ2) is 9.19. The topological polar surface area (TPSA) is 90.4 Å². The molecule has 6 nitrogen and oxygen atoms in total. The van der Waals surface area contributed by atoms with E-state index in [0.717, 1.165) is 29.4 Å². The zero-order valence-electron chi connectivity index (χ0n) is 17.6. The van der Waals surface area contributed by atoms with Crippen LogP contribution in [0, 0.1) is 11.3 Å². The molecule has 0 spiro atoms. The summed E-state index contributed by atoms with van der Waals surface area (Å²) in [5, 5.41) is 23.7. The Labute approximate surface area is 186 Å².